The summed E-state index contributed by atoms with van der Waals surface area (Å²) in [6.45, 7) is 1.87. The van der Waals surface area contributed by atoms with Gasteiger partial charge in [0.15, 0.2) is 0 Å². The number of halogens is 1. The van der Waals surface area contributed by atoms with Gasteiger partial charge in [-0.05, 0) is 42.8 Å². The molecule has 2 aromatic rings. The number of carbonyl (C=O) groups is 1. The first-order valence-corrected chi connectivity index (χ1v) is 6.19. The van der Waals surface area contributed by atoms with E-state index >= 15 is 0 Å². The minimum absolute atomic E-state index is 0.147. The molecule has 4 nitrogen and oxygen atoms in total. The molecular formula is C15H11ClN2O2. The molecule has 2 rings (SSSR count). The van der Waals surface area contributed by atoms with Gasteiger partial charge in [-0.2, -0.15) is 5.26 Å². The Bertz CT molecular complexity index is 720. The average Bonchev–Trinajstić information content (AvgIpc) is 2.41. The number of hydrogen-bond acceptors (Lipinski definition) is 3. The van der Waals surface area contributed by atoms with Crippen molar-refractivity contribution in [3.63, 3.8) is 0 Å². The van der Waals surface area contributed by atoms with E-state index in [1.165, 1.54) is 6.07 Å². The van der Waals surface area contributed by atoms with Crippen molar-refractivity contribution in [2.45, 2.75) is 6.92 Å². The largest absolute Gasteiger partial charge is 0.478 e. The van der Waals surface area contributed by atoms with Crippen molar-refractivity contribution in [3.05, 3.63) is 58.1 Å². The summed E-state index contributed by atoms with van der Waals surface area (Å²) in [4.78, 5) is 11.2. The number of nitrogens with one attached hydrogen (secondary N) is 1. The van der Waals surface area contributed by atoms with E-state index in [0.29, 0.717) is 22.0 Å². The van der Waals surface area contributed by atoms with E-state index in [1.54, 1.807) is 30.3 Å². The van der Waals surface area contributed by atoms with Crippen molar-refractivity contribution < 1.29 is 9.90 Å². The first-order chi connectivity index (χ1) is 9.51. The molecule has 0 radical (unpaired) electrons. The number of nitriles is 1. The summed E-state index contributed by atoms with van der Waals surface area (Å²) < 4.78 is 0. The Morgan fingerprint density at radius 2 is 2.00 bits per heavy atom. The van der Waals surface area contributed by atoms with Crippen LogP contribution in [0.15, 0.2) is 36.4 Å². The topological polar surface area (TPSA) is 73.1 Å². The van der Waals surface area contributed by atoms with Crippen molar-refractivity contribution in [1.29, 1.82) is 5.26 Å². The molecule has 0 bridgehead atoms. The van der Waals surface area contributed by atoms with Gasteiger partial charge in [-0.15, -0.1) is 0 Å². The molecule has 20 heavy (non-hydrogen) atoms. The number of nitrogens with zero attached hydrogens (tertiary/aromatic N) is 1. The number of carboxylic acids is 1. The fraction of sp³-hybridized carbons (Fsp3) is 0.0667. The van der Waals surface area contributed by atoms with Crippen LogP contribution in [-0.2, 0) is 0 Å². The van der Waals surface area contributed by atoms with Crippen LogP contribution in [0, 0.1) is 18.3 Å². The summed E-state index contributed by atoms with van der Waals surface area (Å²) in [6, 6.07) is 11.8. The smallest absolute Gasteiger partial charge is 0.337 e. The molecule has 0 amide bonds. The highest BCUT2D eigenvalue weighted by atomic mass is 35.5. The summed E-state index contributed by atoms with van der Waals surface area (Å²) >= 11 is 6.06. The van der Waals surface area contributed by atoms with Gasteiger partial charge >= 0.3 is 5.97 Å². The minimum Gasteiger partial charge on any atom is -0.478 e. The molecule has 0 saturated carbocycles. The van der Waals surface area contributed by atoms with Crippen LogP contribution in [0.5, 0.6) is 0 Å². The van der Waals surface area contributed by atoms with Crippen LogP contribution in [0.4, 0.5) is 11.4 Å². The second kappa shape index (κ2) is 5.64. The number of anilines is 2. The maximum atomic E-state index is 11.2. The van der Waals surface area contributed by atoms with Gasteiger partial charge in [0.2, 0.25) is 0 Å². The number of aromatic carboxylic acids is 1. The second-order valence-electron chi connectivity index (χ2n) is 4.29. The van der Waals surface area contributed by atoms with Gasteiger partial charge in [-0.3, -0.25) is 0 Å². The molecule has 0 fully saturated rings. The van der Waals surface area contributed by atoms with E-state index in [-0.39, 0.29) is 5.56 Å². The van der Waals surface area contributed by atoms with E-state index in [0.717, 1.165) is 5.56 Å². The Balaban J connectivity index is 2.47. The molecule has 0 unspecified atom stereocenters. The zero-order valence-electron chi connectivity index (χ0n) is 10.6. The standard InChI is InChI=1S/C15H11ClN2O2/c1-9-2-4-11(15(19)20)13(6-9)18-14-7-10(8-17)3-5-12(14)16/h2-7,18H,1H3,(H,19,20). The maximum absolute atomic E-state index is 11.2. The van der Waals surface area contributed by atoms with E-state index in [1.807, 2.05) is 13.0 Å². The summed E-state index contributed by atoms with van der Waals surface area (Å²) in [5.74, 6) is -1.03. The predicted molar refractivity (Wildman–Crippen MR) is 77.6 cm³/mol. The highest BCUT2D eigenvalue weighted by Gasteiger charge is 2.11. The van der Waals surface area contributed by atoms with E-state index in [9.17, 15) is 9.90 Å². The summed E-state index contributed by atoms with van der Waals surface area (Å²) in [7, 11) is 0. The minimum atomic E-state index is -1.03. The van der Waals surface area contributed by atoms with Gasteiger partial charge < -0.3 is 10.4 Å². The van der Waals surface area contributed by atoms with Crippen molar-refractivity contribution in [3.8, 4) is 6.07 Å². The zero-order valence-corrected chi connectivity index (χ0v) is 11.4. The Hall–Kier alpha value is -2.51. The number of aryl methyl sites for hydroxylation is 1. The van der Waals surface area contributed by atoms with Crippen molar-refractivity contribution in [2.75, 3.05) is 5.32 Å². The monoisotopic (exact) mass is 286 g/mol. The Morgan fingerprint density at radius 1 is 1.25 bits per heavy atom. The van der Waals surface area contributed by atoms with Gasteiger partial charge in [0.25, 0.3) is 0 Å². The average molecular weight is 287 g/mol. The highest BCUT2D eigenvalue weighted by molar-refractivity contribution is 6.33. The fourth-order valence-electron chi connectivity index (χ4n) is 1.78. The number of carboxylic acid groups (broad SMARTS) is 1. The van der Waals surface area contributed by atoms with E-state index in [4.69, 9.17) is 16.9 Å². The summed E-state index contributed by atoms with van der Waals surface area (Å²) in [6.07, 6.45) is 0. The lowest BCUT2D eigenvalue weighted by molar-refractivity contribution is 0.0698. The maximum Gasteiger partial charge on any atom is 0.337 e. The molecule has 0 aliphatic rings. The van der Waals surface area contributed by atoms with E-state index < -0.39 is 5.97 Å². The quantitative estimate of drug-likeness (QED) is 0.895. The molecule has 0 spiro atoms. The lowest BCUT2D eigenvalue weighted by Gasteiger charge is -2.12. The van der Waals surface area contributed by atoms with Gasteiger partial charge in [0, 0.05) is 0 Å². The zero-order chi connectivity index (χ0) is 14.7. The number of rotatable bonds is 3. The third-order valence-electron chi connectivity index (χ3n) is 2.77. The fourth-order valence-corrected chi connectivity index (χ4v) is 1.95. The molecule has 0 aliphatic heterocycles. The first kappa shape index (κ1) is 13.9. The van der Waals surface area contributed by atoms with Crippen LogP contribution < -0.4 is 5.32 Å². The molecule has 2 aromatic carbocycles. The van der Waals surface area contributed by atoms with Gasteiger partial charge in [0.05, 0.1) is 33.6 Å². The Labute approximate surface area is 121 Å². The SMILES string of the molecule is Cc1ccc(C(=O)O)c(Nc2cc(C#N)ccc2Cl)c1. The molecule has 0 atom stereocenters. The van der Waals surface area contributed by atoms with Crippen molar-refractivity contribution >= 4 is 28.9 Å². The van der Waals surface area contributed by atoms with Gasteiger partial charge in [-0.1, -0.05) is 17.7 Å². The van der Waals surface area contributed by atoms with Crippen molar-refractivity contribution in [2.24, 2.45) is 0 Å². The first-order valence-electron chi connectivity index (χ1n) is 5.82. The Kier molecular flexibility index (Phi) is 3.92. The number of benzene rings is 2. The van der Waals surface area contributed by atoms with Crippen LogP contribution in [0.25, 0.3) is 0 Å². The van der Waals surface area contributed by atoms with E-state index in [2.05, 4.69) is 5.32 Å². The lowest BCUT2D eigenvalue weighted by Crippen LogP contribution is -2.03. The molecule has 2 N–H and O–H groups in total. The van der Waals surface area contributed by atoms with Crippen LogP contribution >= 0.6 is 11.6 Å². The lowest BCUT2D eigenvalue weighted by atomic mass is 10.1. The Morgan fingerprint density at radius 3 is 2.65 bits per heavy atom. The van der Waals surface area contributed by atoms with Crippen LogP contribution in [0.2, 0.25) is 5.02 Å². The van der Waals surface area contributed by atoms with Crippen molar-refractivity contribution in [1.82, 2.24) is 0 Å². The predicted octanol–water partition coefficient (Wildman–Crippen LogP) is 3.96. The van der Waals surface area contributed by atoms with Crippen LogP contribution in [0.3, 0.4) is 0 Å². The summed E-state index contributed by atoms with van der Waals surface area (Å²) in [5.41, 5.74) is 2.45. The molecule has 0 aliphatic carbocycles. The van der Waals surface area contributed by atoms with Crippen LogP contribution in [0.1, 0.15) is 21.5 Å². The molecule has 0 heterocycles. The third-order valence-corrected chi connectivity index (χ3v) is 3.10. The molecule has 0 aromatic heterocycles. The third kappa shape index (κ3) is 2.90. The molecule has 100 valence electrons. The van der Waals surface area contributed by atoms with Gasteiger partial charge in [-0.25, -0.2) is 4.79 Å². The normalized spacial score (nSPS) is 9.85. The molecular weight excluding hydrogens is 276 g/mol. The number of hydrogen-bond donors (Lipinski definition) is 2. The summed E-state index contributed by atoms with van der Waals surface area (Å²) in [5, 5.41) is 21.5. The molecule has 5 heteroatoms. The second-order valence-corrected chi connectivity index (χ2v) is 4.69. The van der Waals surface area contributed by atoms with Crippen LogP contribution in [-0.4, -0.2) is 11.1 Å². The van der Waals surface area contributed by atoms with Gasteiger partial charge in [0.1, 0.15) is 0 Å². The highest BCUT2D eigenvalue weighted by Crippen LogP contribution is 2.28. The molecule has 0 saturated heterocycles.